The summed E-state index contributed by atoms with van der Waals surface area (Å²) in [5, 5.41) is 10.6. The smallest absolute Gasteiger partial charge is 0.290 e. The molecular weight excluding hydrogens is 362 g/mol. The molecule has 0 saturated heterocycles. The molecule has 0 spiro atoms. The number of aliphatic hydroxyl groups excluding tert-OH is 1. The van der Waals surface area contributed by atoms with E-state index in [0.717, 1.165) is 0 Å². The van der Waals surface area contributed by atoms with Crippen LogP contribution < -0.4 is 4.74 Å². The lowest BCUT2D eigenvalue weighted by molar-refractivity contribution is -0.130. The van der Waals surface area contributed by atoms with Crippen molar-refractivity contribution in [3.63, 3.8) is 0 Å². The Hall–Kier alpha value is -3.74. The molecule has 1 aliphatic rings. The van der Waals surface area contributed by atoms with Crippen molar-refractivity contribution in [1.29, 1.82) is 0 Å². The van der Waals surface area contributed by atoms with E-state index in [1.165, 1.54) is 30.6 Å². The van der Waals surface area contributed by atoms with Crippen molar-refractivity contribution in [3.05, 3.63) is 89.5 Å². The van der Waals surface area contributed by atoms with Gasteiger partial charge in [-0.15, -0.1) is 0 Å². The van der Waals surface area contributed by atoms with Gasteiger partial charge in [0.2, 0.25) is 5.78 Å². The van der Waals surface area contributed by atoms with Gasteiger partial charge in [0.15, 0.2) is 11.5 Å². The SMILES string of the molecule is COc1ccccc1C1C(C(=O)c2ccco2)=C(O)C(=O)N1Cc1ccco1. The summed E-state index contributed by atoms with van der Waals surface area (Å²) in [6, 6.07) is 12.7. The number of Topliss-reactive ketones (excluding diaryl/α,β-unsaturated/α-hetero) is 1. The fourth-order valence-electron chi connectivity index (χ4n) is 3.38. The minimum atomic E-state index is -0.855. The minimum Gasteiger partial charge on any atom is -0.503 e. The monoisotopic (exact) mass is 379 g/mol. The molecule has 0 fully saturated rings. The normalized spacial score (nSPS) is 16.7. The Labute approximate surface area is 160 Å². The predicted octanol–water partition coefficient (Wildman–Crippen LogP) is 3.66. The summed E-state index contributed by atoms with van der Waals surface area (Å²) in [7, 11) is 1.50. The van der Waals surface area contributed by atoms with E-state index in [4.69, 9.17) is 13.6 Å². The number of para-hydroxylation sites is 1. The van der Waals surface area contributed by atoms with Gasteiger partial charge in [0.05, 0.1) is 37.8 Å². The third-order valence-corrected chi connectivity index (χ3v) is 4.63. The molecule has 0 saturated carbocycles. The van der Waals surface area contributed by atoms with E-state index in [0.29, 0.717) is 17.1 Å². The summed E-state index contributed by atoms with van der Waals surface area (Å²) in [6.45, 7) is 0.0769. The molecule has 28 heavy (non-hydrogen) atoms. The number of ether oxygens (including phenoxy) is 1. The molecule has 7 nitrogen and oxygen atoms in total. The third kappa shape index (κ3) is 2.87. The van der Waals surface area contributed by atoms with Gasteiger partial charge in [-0.3, -0.25) is 9.59 Å². The maximum absolute atomic E-state index is 13.0. The van der Waals surface area contributed by atoms with Crippen molar-refractivity contribution in [2.24, 2.45) is 0 Å². The quantitative estimate of drug-likeness (QED) is 0.657. The molecular formula is C21H17NO6. The van der Waals surface area contributed by atoms with E-state index in [-0.39, 0.29) is 17.9 Å². The minimum absolute atomic E-state index is 0.0362. The van der Waals surface area contributed by atoms with E-state index in [2.05, 4.69) is 0 Å². The number of ketones is 1. The van der Waals surface area contributed by atoms with E-state index in [9.17, 15) is 14.7 Å². The van der Waals surface area contributed by atoms with Crippen molar-refractivity contribution in [1.82, 2.24) is 4.90 Å². The second kappa shape index (κ2) is 7.11. The van der Waals surface area contributed by atoms with Crippen LogP contribution in [0.15, 0.2) is 81.2 Å². The summed E-state index contributed by atoms with van der Waals surface area (Å²) in [5.74, 6) is -0.786. The van der Waals surface area contributed by atoms with Crippen LogP contribution in [0.4, 0.5) is 0 Å². The van der Waals surface area contributed by atoms with Crippen LogP contribution in [-0.4, -0.2) is 28.8 Å². The highest BCUT2D eigenvalue weighted by molar-refractivity contribution is 6.15. The first kappa shape index (κ1) is 17.7. The summed E-state index contributed by atoms with van der Waals surface area (Å²) in [4.78, 5) is 27.3. The Kier molecular flexibility index (Phi) is 4.49. The first-order valence-electron chi connectivity index (χ1n) is 8.59. The average Bonchev–Trinajstić information content (AvgIpc) is 3.46. The Morgan fingerprint density at radius 3 is 2.54 bits per heavy atom. The summed E-state index contributed by atoms with van der Waals surface area (Å²) in [6.07, 6.45) is 2.86. The molecule has 0 bridgehead atoms. The van der Waals surface area contributed by atoms with Crippen LogP contribution in [0.2, 0.25) is 0 Å². The van der Waals surface area contributed by atoms with Gasteiger partial charge in [-0.05, 0) is 30.3 Å². The Morgan fingerprint density at radius 1 is 1.11 bits per heavy atom. The molecule has 1 N–H and O–H groups in total. The lowest BCUT2D eigenvalue weighted by Crippen LogP contribution is -2.30. The molecule has 0 radical (unpaired) electrons. The molecule has 1 aliphatic heterocycles. The second-order valence-corrected chi connectivity index (χ2v) is 6.23. The number of benzene rings is 1. The zero-order valence-corrected chi connectivity index (χ0v) is 15.0. The van der Waals surface area contributed by atoms with Crippen molar-refractivity contribution in [2.45, 2.75) is 12.6 Å². The Bertz CT molecular complexity index is 1030. The van der Waals surface area contributed by atoms with E-state index < -0.39 is 23.5 Å². The fourth-order valence-corrected chi connectivity index (χ4v) is 3.38. The van der Waals surface area contributed by atoms with Gasteiger partial charge in [0, 0.05) is 5.56 Å². The van der Waals surface area contributed by atoms with Crippen LogP contribution in [0.1, 0.15) is 27.9 Å². The maximum Gasteiger partial charge on any atom is 0.290 e. The lowest BCUT2D eigenvalue weighted by Gasteiger charge is -2.27. The maximum atomic E-state index is 13.0. The first-order valence-corrected chi connectivity index (χ1v) is 8.59. The lowest BCUT2D eigenvalue weighted by atomic mass is 9.94. The van der Waals surface area contributed by atoms with Gasteiger partial charge in [0.25, 0.3) is 5.91 Å². The zero-order chi connectivity index (χ0) is 19.7. The van der Waals surface area contributed by atoms with Crippen LogP contribution in [0.5, 0.6) is 5.75 Å². The number of furan rings is 2. The van der Waals surface area contributed by atoms with Crippen LogP contribution in [0, 0.1) is 0 Å². The van der Waals surface area contributed by atoms with Gasteiger partial charge < -0.3 is 23.6 Å². The largest absolute Gasteiger partial charge is 0.503 e. The fraction of sp³-hybridized carbons (Fsp3) is 0.143. The predicted molar refractivity (Wildman–Crippen MR) is 97.7 cm³/mol. The molecule has 142 valence electrons. The van der Waals surface area contributed by atoms with Crippen LogP contribution >= 0.6 is 0 Å². The van der Waals surface area contributed by atoms with Gasteiger partial charge in [-0.1, -0.05) is 18.2 Å². The van der Waals surface area contributed by atoms with E-state index in [1.54, 1.807) is 42.5 Å². The molecule has 1 unspecified atom stereocenters. The Morgan fingerprint density at radius 2 is 1.86 bits per heavy atom. The number of aliphatic hydroxyl groups is 1. The highest BCUT2D eigenvalue weighted by Crippen LogP contribution is 2.43. The van der Waals surface area contributed by atoms with Crippen LogP contribution in [0.3, 0.4) is 0 Å². The highest BCUT2D eigenvalue weighted by atomic mass is 16.5. The Balaban J connectivity index is 1.84. The van der Waals surface area contributed by atoms with E-state index >= 15 is 0 Å². The second-order valence-electron chi connectivity index (χ2n) is 6.23. The number of hydrogen-bond acceptors (Lipinski definition) is 6. The summed E-state index contributed by atoms with van der Waals surface area (Å²) < 4.78 is 16.0. The number of rotatable bonds is 6. The molecule has 1 atom stereocenters. The number of methoxy groups -OCH3 is 1. The summed E-state index contributed by atoms with van der Waals surface area (Å²) >= 11 is 0. The highest BCUT2D eigenvalue weighted by Gasteiger charge is 2.45. The number of nitrogens with zero attached hydrogens (tertiary/aromatic N) is 1. The average molecular weight is 379 g/mol. The number of amides is 1. The molecule has 1 amide bonds. The van der Waals surface area contributed by atoms with Crippen molar-refractivity contribution < 1.29 is 28.3 Å². The van der Waals surface area contributed by atoms with E-state index in [1.807, 2.05) is 0 Å². The number of hydrogen-bond donors (Lipinski definition) is 1. The van der Waals surface area contributed by atoms with Crippen molar-refractivity contribution in [2.75, 3.05) is 7.11 Å². The van der Waals surface area contributed by atoms with Gasteiger partial charge in [0.1, 0.15) is 11.5 Å². The zero-order valence-electron chi connectivity index (χ0n) is 15.0. The molecule has 4 rings (SSSR count). The van der Waals surface area contributed by atoms with Crippen LogP contribution in [-0.2, 0) is 11.3 Å². The molecule has 2 aromatic heterocycles. The summed E-state index contributed by atoms with van der Waals surface area (Å²) in [5.41, 5.74) is 0.514. The first-order chi connectivity index (χ1) is 13.6. The molecule has 0 aliphatic carbocycles. The van der Waals surface area contributed by atoms with Gasteiger partial charge >= 0.3 is 0 Å². The van der Waals surface area contributed by atoms with Crippen molar-refractivity contribution >= 4 is 11.7 Å². The molecule has 3 aromatic rings. The third-order valence-electron chi connectivity index (χ3n) is 4.63. The molecule has 1 aromatic carbocycles. The standard InChI is InChI=1S/C21H17NO6/c1-26-15-8-3-2-7-14(15)18-17(19(23)16-9-5-11-28-16)20(24)21(25)22(18)12-13-6-4-10-27-13/h2-11,18,24H,12H2,1H3. The molecule has 7 heteroatoms. The van der Waals surface area contributed by atoms with Gasteiger partial charge in [-0.2, -0.15) is 0 Å². The molecule has 3 heterocycles. The number of carbonyl (C=O) groups is 2. The topological polar surface area (TPSA) is 93.1 Å². The number of carbonyl (C=O) groups excluding carboxylic acids is 2. The van der Waals surface area contributed by atoms with Crippen LogP contribution in [0.25, 0.3) is 0 Å². The van der Waals surface area contributed by atoms with Crippen molar-refractivity contribution in [3.8, 4) is 5.75 Å². The van der Waals surface area contributed by atoms with Gasteiger partial charge in [-0.25, -0.2) is 0 Å².